The molecule has 0 aromatic carbocycles. The van der Waals surface area contributed by atoms with Crippen LogP contribution >= 0.6 is 0 Å². The summed E-state index contributed by atoms with van der Waals surface area (Å²) in [5.74, 6) is -0.0104. The monoisotopic (exact) mass is 269 g/mol. The molecule has 2 rings (SSSR count). The lowest BCUT2D eigenvalue weighted by molar-refractivity contribution is -0.142. The molecule has 0 bridgehead atoms. The fourth-order valence-electron chi connectivity index (χ4n) is 2.66. The third-order valence-corrected chi connectivity index (χ3v) is 4.06. The van der Waals surface area contributed by atoms with Crippen molar-refractivity contribution in [3.8, 4) is 0 Å². The maximum atomic E-state index is 12.2. The van der Waals surface area contributed by atoms with Gasteiger partial charge in [-0.25, -0.2) is 4.79 Å². The lowest BCUT2D eigenvalue weighted by atomic mass is 10.0. The molecule has 0 saturated carbocycles. The van der Waals surface area contributed by atoms with Gasteiger partial charge in [0.1, 0.15) is 6.04 Å². The van der Waals surface area contributed by atoms with Crippen LogP contribution in [0.2, 0.25) is 0 Å². The van der Waals surface area contributed by atoms with Gasteiger partial charge in [-0.1, -0.05) is 13.3 Å². The van der Waals surface area contributed by atoms with Crippen LogP contribution in [0.15, 0.2) is 0 Å². The molecule has 2 aliphatic rings. The molecule has 0 unspecified atom stereocenters. The van der Waals surface area contributed by atoms with Crippen molar-refractivity contribution in [1.82, 2.24) is 14.7 Å². The molecular formula is C13H23N3O3. The summed E-state index contributed by atoms with van der Waals surface area (Å²) in [6.45, 7) is 7.04. The highest BCUT2D eigenvalue weighted by Gasteiger charge is 2.40. The second kappa shape index (κ2) is 6.23. The molecule has 2 amide bonds. The van der Waals surface area contributed by atoms with Gasteiger partial charge in [-0.2, -0.15) is 0 Å². The van der Waals surface area contributed by atoms with Gasteiger partial charge in [0.25, 0.3) is 0 Å². The molecule has 0 aromatic heterocycles. The number of likely N-dealkylation sites (tertiary alicyclic amines) is 1. The number of carboxylic acid groups (broad SMARTS) is 1. The molecule has 2 heterocycles. The van der Waals surface area contributed by atoms with Crippen LogP contribution in [-0.2, 0) is 4.79 Å². The Morgan fingerprint density at radius 3 is 2.32 bits per heavy atom. The zero-order valence-corrected chi connectivity index (χ0v) is 11.5. The lowest BCUT2D eigenvalue weighted by Gasteiger charge is -2.42. The molecule has 0 spiro atoms. The Kier molecular flexibility index (Phi) is 4.63. The third-order valence-electron chi connectivity index (χ3n) is 4.06. The van der Waals surface area contributed by atoms with E-state index in [9.17, 15) is 9.59 Å². The highest BCUT2D eigenvalue weighted by atomic mass is 16.4. The number of nitrogens with zero attached hydrogens (tertiary/aromatic N) is 3. The number of unbranched alkanes of at least 4 members (excludes halogenated alkanes) is 1. The molecule has 0 aliphatic carbocycles. The summed E-state index contributed by atoms with van der Waals surface area (Å²) in [5.41, 5.74) is 0. The number of amides is 2. The number of carbonyl (C=O) groups excluding carboxylic acids is 1. The van der Waals surface area contributed by atoms with Gasteiger partial charge in [0.2, 0.25) is 5.91 Å². The summed E-state index contributed by atoms with van der Waals surface area (Å²) >= 11 is 0. The molecule has 1 atom stereocenters. The van der Waals surface area contributed by atoms with Gasteiger partial charge < -0.3 is 10.0 Å². The van der Waals surface area contributed by atoms with Crippen molar-refractivity contribution >= 4 is 12.0 Å². The Balaban J connectivity index is 1.78. The first kappa shape index (κ1) is 14.1. The van der Waals surface area contributed by atoms with Gasteiger partial charge in [0.05, 0.1) is 0 Å². The largest absolute Gasteiger partial charge is 0.465 e. The quantitative estimate of drug-likeness (QED) is 0.815. The summed E-state index contributed by atoms with van der Waals surface area (Å²) in [6.07, 6.45) is 2.07. The van der Waals surface area contributed by atoms with Crippen LogP contribution in [0.5, 0.6) is 0 Å². The molecule has 2 fully saturated rings. The minimum Gasteiger partial charge on any atom is -0.465 e. The van der Waals surface area contributed by atoms with Crippen LogP contribution in [0.4, 0.5) is 4.79 Å². The summed E-state index contributed by atoms with van der Waals surface area (Å²) in [5, 5.41) is 8.94. The molecule has 0 radical (unpaired) electrons. The minimum atomic E-state index is -0.980. The molecule has 108 valence electrons. The van der Waals surface area contributed by atoms with E-state index in [1.54, 1.807) is 0 Å². The van der Waals surface area contributed by atoms with Crippen molar-refractivity contribution in [2.75, 3.05) is 39.3 Å². The van der Waals surface area contributed by atoms with Gasteiger partial charge in [0.15, 0.2) is 0 Å². The Bertz CT molecular complexity index is 340. The van der Waals surface area contributed by atoms with Crippen molar-refractivity contribution in [3.05, 3.63) is 0 Å². The normalized spacial score (nSPS) is 24.2. The van der Waals surface area contributed by atoms with Crippen molar-refractivity contribution in [2.24, 2.45) is 0 Å². The van der Waals surface area contributed by atoms with Crippen LogP contribution in [0.3, 0.4) is 0 Å². The molecular weight excluding hydrogens is 246 g/mol. The van der Waals surface area contributed by atoms with E-state index < -0.39 is 12.1 Å². The number of carbonyl (C=O) groups is 2. The minimum absolute atomic E-state index is 0.0104. The molecule has 2 aliphatic heterocycles. The van der Waals surface area contributed by atoms with Crippen molar-refractivity contribution in [2.45, 2.75) is 32.2 Å². The fraction of sp³-hybridized carbons (Fsp3) is 0.846. The summed E-state index contributed by atoms with van der Waals surface area (Å²) in [6, 6.07) is -0.431. The zero-order chi connectivity index (χ0) is 13.8. The summed E-state index contributed by atoms with van der Waals surface area (Å²) in [7, 11) is 0. The third kappa shape index (κ3) is 3.18. The average molecular weight is 269 g/mol. The second-order valence-electron chi connectivity index (χ2n) is 5.30. The average Bonchev–Trinajstić information content (AvgIpc) is 2.34. The van der Waals surface area contributed by atoms with E-state index in [2.05, 4.69) is 11.8 Å². The van der Waals surface area contributed by atoms with Crippen molar-refractivity contribution in [3.63, 3.8) is 0 Å². The lowest BCUT2D eigenvalue weighted by Crippen LogP contribution is -2.61. The first-order valence-electron chi connectivity index (χ1n) is 7.14. The SMILES string of the molecule is CCCCN1CCN(C(=O)[C@@H]2CCN2C(=O)O)CC1. The molecule has 2 saturated heterocycles. The summed E-state index contributed by atoms with van der Waals surface area (Å²) < 4.78 is 0. The molecule has 6 nitrogen and oxygen atoms in total. The van der Waals surface area contributed by atoms with Crippen LogP contribution in [-0.4, -0.2) is 77.1 Å². The van der Waals surface area contributed by atoms with E-state index in [0.717, 1.165) is 32.7 Å². The fourth-order valence-corrected chi connectivity index (χ4v) is 2.66. The zero-order valence-electron chi connectivity index (χ0n) is 11.5. The van der Waals surface area contributed by atoms with Crippen molar-refractivity contribution in [1.29, 1.82) is 0 Å². The van der Waals surface area contributed by atoms with Gasteiger partial charge in [-0.15, -0.1) is 0 Å². The highest BCUT2D eigenvalue weighted by molar-refractivity contribution is 5.87. The number of hydrogen-bond acceptors (Lipinski definition) is 3. The number of piperazine rings is 1. The Hall–Kier alpha value is -1.30. The highest BCUT2D eigenvalue weighted by Crippen LogP contribution is 2.20. The van der Waals surface area contributed by atoms with Gasteiger partial charge in [-0.3, -0.25) is 14.6 Å². The molecule has 19 heavy (non-hydrogen) atoms. The molecule has 0 aromatic rings. The van der Waals surface area contributed by atoms with Crippen LogP contribution in [0, 0.1) is 0 Å². The number of rotatable bonds is 4. The first-order valence-corrected chi connectivity index (χ1v) is 7.14. The number of hydrogen-bond donors (Lipinski definition) is 1. The van der Waals surface area contributed by atoms with E-state index in [-0.39, 0.29) is 5.91 Å². The topological polar surface area (TPSA) is 64.1 Å². The predicted octanol–water partition coefficient (Wildman–Crippen LogP) is 0.683. The summed E-state index contributed by atoms with van der Waals surface area (Å²) in [4.78, 5) is 28.6. The van der Waals surface area contributed by atoms with Crippen LogP contribution in [0.1, 0.15) is 26.2 Å². The smallest absolute Gasteiger partial charge is 0.407 e. The van der Waals surface area contributed by atoms with Gasteiger partial charge in [0, 0.05) is 32.7 Å². The first-order chi connectivity index (χ1) is 9.13. The van der Waals surface area contributed by atoms with E-state index in [4.69, 9.17) is 5.11 Å². The second-order valence-corrected chi connectivity index (χ2v) is 5.30. The van der Waals surface area contributed by atoms with E-state index >= 15 is 0 Å². The Labute approximate surface area is 114 Å². The maximum Gasteiger partial charge on any atom is 0.407 e. The predicted molar refractivity (Wildman–Crippen MR) is 71.1 cm³/mol. The van der Waals surface area contributed by atoms with Crippen molar-refractivity contribution < 1.29 is 14.7 Å². The Morgan fingerprint density at radius 2 is 1.84 bits per heavy atom. The van der Waals surface area contributed by atoms with E-state index in [1.165, 1.54) is 17.7 Å². The Morgan fingerprint density at radius 1 is 1.16 bits per heavy atom. The van der Waals surface area contributed by atoms with Crippen LogP contribution in [0.25, 0.3) is 0 Å². The van der Waals surface area contributed by atoms with Gasteiger partial charge >= 0.3 is 6.09 Å². The van der Waals surface area contributed by atoms with Gasteiger partial charge in [-0.05, 0) is 19.4 Å². The van der Waals surface area contributed by atoms with Crippen LogP contribution < -0.4 is 0 Å². The molecule has 1 N–H and O–H groups in total. The standard InChI is InChI=1S/C13H23N3O3/c1-2-3-5-14-7-9-15(10-8-14)12(17)11-4-6-16(11)13(18)19/h11H,2-10H2,1H3,(H,18,19)/t11-/m0/s1. The van der Waals surface area contributed by atoms with E-state index in [1.807, 2.05) is 4.90 Å². The maximum absolute atomic E-state index is 12.2. The van der Waals surface area contributed by atoms with E-state index in [0.29, 0.717) is 13.0 Å². The molecule has 6 heteroatoms.